The van der Waals surface area contributed by atoms with E-state index in [1.807, 2.05) is 0 Å². The lowest BCUT2D eigenvalue weighted by molar-refractivity contribution is 0.933. The predicted octanol–water partition coefficient (Wildman–Crippen LogP) is 10.5. The molecule has 0 aliphatic heterocycles. The Kier molecular flexibility index (Phi) is 7.05. The van der Waals surface area contributed by atoms with Crippen molar-refractivity contribution in [1.82, 2.24) is 15.0 Å². The number of benzene rings is 6. The number of nitrogens with zero attached hydrogens (tertiary/aromatic N) is 3. The van der Waals surface area contributed by atoms with Crippen LogP contribution in [0, 0.1) is 0 Å². The Bertz CT molecular complexity index is 2150. The van der Waals surface area contributed by atoms with Crippen LogP contribution in [-0.2, 0) is 6.42 Å². The molecule has 0 radical (unpaired) electrons. The van der Waals surface area contributed by atoms with Crippen LogP contribution in [0.5, 0.6) is 0 Å². The minimum absolute atomic E-state index is 0.592. The molecule has 0 N–H and O–H groups in total. The monoisotopic (exact) mass is 577 g/mol. The molecule has 0 spiro atoms. The standard InChI is InChI=1S/C42H31N3/c1-3-11-30(12-4-1)38-23-29(24-39(28-38)31-13-5-2-6-14-31)25-40-43-41(36-21-19-32-15-7-9-17-34(32)26-36)45-42(44-40)37-22-20-33-16-8-10-18-35(33)27-37/h1,3-5,7-24,26-28H,2,6,25H2. The summed E-state index contributed by atoms with van der Waals surface area (Å²) < 4.78 is 0. The molecule has 3 heteroatoms. The maximum Gasteiger partial charge on any atom is 0.163 e. The first-order valence-electron chi connectivity index (χ1n) is 15.5. The van der Waals surface area contributed by atoms with Crippen LogP contribution in [0.2, 0.25) is 0 Å². The molecule has 7 aromatic rings. The van der Waals surface area contributed by atoms with Gasteiger partial charge in [0, 0.05) is 17.5 Å². The zero-order valence-electron chi connectivity index (χ0n) is 24.9. The van der Waals surface area contributed by atoms with Crippen molar-refractivity contribution >= 4 is 27.1 Å². The van der Waals surface area contributed by atoms with Crippen molar-refractivity contribution in [3.63, 3.8) is 0 Å². The first-order chi connectivity index (χ1) is 22.2. The second-order valence-electron chi connectivity index (χ2n) is 11.6. The van der Waals surface area contributed by atoms with E-state index < -0.39 is 0 Å². The molecule has 3 nitrogen and oxygen atoms in total. The van der Waals surface area contributed by atoms with Gasteiger partial charge in [0.05, 0.1) is 0 Å². The Balaban J connectivity index is 1.26. The highest BCUT2D eigenvalue weighted by atomic mass is 15.0. The summed E-state index contributed by atoms with van der Waals surface area (Å²) in [6.45, 7) is 0. The van der Waals surface area contributed by atoms with Gasteiger partial charge >= 0.3 is 0 Å². The molecule has 8 rings (SSSR count). The minimum Gasteiger partial charge on any atom is -0.213 e. The first kappa shape index (κ1) is 26.9. The topological polar surface area (TPSA) is 38.7 Å². The van der Waals surface area contributed by atoms with Crippen molar-refractivity contribution in [1.29, 1.82) is 0 Å². The van der Waals surface area contributed by atoms with Crippen molar-refractivity contribution in [2.75, 3.05) is 0 Å². The number of hydrogen-bond donors (Lipinski definition) is 0. The van der Waals surface area contributed by atoms with Crippen LogP contribution in [0.3, 0.4) is 0 Å². The molecule has 6 aromatic carbocycles. The first-order valence-corrected chi connectivity index (χ1v) is 15.5. The van der Waals surface area contributed by atoms with Crippen molar-refractivity contribution in [2.24, 2.45) is 0 Å². The van der Waals surface area contributed by atoms with Crippen molar-refractivity contribution in [2.45, 2.75) is 19.3 Å². The van der Waals surface area contributed by atoms with Gasteiger partial charge in [-0.15, -0.1) is 0 Å². The van der Waals surface area contributed by atoms with Gasteiger partial charge in [0.25, 0.3) is 0 Å². The van der Waals surface area contributed by atoms with Gasteiger partial charge in [0.1, 0.15) is 5.82 Å². The van der Waals surface area contributed by atoms with E-state index in [0.717, 1.165) is 29.8 Å². The summed E-state index contributed by atoms with van der Waals surface area (Å²) in [5.41, 5.74) is 8.02. The van der Waals surface area contributed by atoms with Gasteiger partial charge in [-0.1, -0.05) is 133 Å². The molecule has 0 saturated carbocycles. The SMILES string of the molecule is C1=CC(c2cc(Cc3nc(-c4ccc5ccccc5c4)nc(-c4ccc5ccccc5c4)n3)cc(-c3ccccc3)c2)=CCC1. The van der Waals surface area contributed by atoms with Crippen LogP contribution in [-0.4, -0.2) is 15.0 Å². The molecule has 1 aliphatic carbocycles. The molecule has 0 unspecified atom stereocenters. The molecule has 1 aliphatic rings. The van der Waals surface area contributed by atoms with Crippen molar-refractivity contribution in [3.05, 3.63) is 169 Å². The zero-order valence-corrected chi connectivity index (χ0v) is 24.9. The Labute approximate surface area is 263 Å². The number of allylic oxidation sites excluding steroid dienone is 4. The lowest BCUT2D eigenvalue weighted by Crippen LogP contribution is -2.04. The lowest BCUT2D eigenvalue weighted by atomic mass is 9.92. The summed E-state index contributed by atoms with van der Waals surface area (Å²) in [4.78, 5) is 15.2. The highest BCUT2D eigenvalue weighted by Crippen LogP contribution is 2.31. The molecule has 1 heterocycles. The molecule has 1 aromatic heterocycles. The summed E-state index contributed by atoms with van der Waals surface area (Å²) >= 11 is 0. The third kappa shape index (κ3) is 5.69. The minimum atomic E-state index is 0.592. The van der Waals surface area contributed by atoms with Crippen LogP contribution in [0.4, 0.5) is 0 Å². The van der Waals surface area contributed by atoms with Gasteiger partial charge in [-0.05, 0) is 80.4 Å². The smallest absolute Gasteiger partial charge is 0.163 e. The third-order valence-electron chi connectivity index (χ3n) is 8.49. The van der Waals surface area contributed by atoms with Crippen LogP contribution < -0.4 is 0 Å². The van der Waals surface area contributed by atoms with Crippen LogP contribution >= 0.6 is 0 Å². The van der Waals surface area contributed by atoms with Crippen LogP contribution in [0.1, 0.15) is 29.8 Å². The van der Waals surface area contributed by atoms with E-state index in [0.29, 0.717) is 18.1 Å². The van der Waals surface area contributed by atoms with E-state index in [-0.39, 0.29) is 0 Å². The van der Waals surface area contributed by atoms with Gasteiger partial charge in [0.2, 0.25) is 0 Å². The second kappa shape index (κ2) is 11.8. The summed E-state index contributed by atoms with van der Waals surface area (Å²) in [5.74, 6) is 2.12. The summed E-state index contributed by atoms with van der Waals surface area (Å²) in [7, 11) is 0. The van der Waals surface area contributed by atoms with E-state index in [4.69, 9.17) is 15.0 Å². The fourth-order valence-electron chi connectivity index (χ4n) is 6.18. The molecule has 45 heavy (non-hydrogen) atoms. The number of aromatic nitrogens is 3. The van der Waals surface area contributed by atoms with Crippen molar-refractivity contribution in [3.8, 4) is 33.9 Å². The average Bonchev–Trinajstić information content (AvgIpc) is 3.11. The summed E-state index contributed by atoms with van der Waals surface area (Å²) in [6.07, 6.45) is 9.60. The van der Waals surface area contributed by atoms with Crippen molar-refractivity contribution < 1.29 is 0 Å². The van der Waals surface area contributed by atoms with E-state index >= 15 is 0 Å². The fraction of sp³-hybridized carbons (Fsp3) is 0.0714. The molecule has 0 bridgehead atoms. The Morgan fingerprint density at radius 3 is 1.67 bits per heavy atom. The highest BCUT2D eigenvalue weighted by molar-refractivity contribution is 5.88. The summed E-state index contributed by atoms with van der Waals surface area (Å²) in [6, 6.07) is 47.1. The molecule has 0 fully saturated rings. The second-order valence-corrected chi connectivity index (χ2v) is 11.6. The largest absolute Gasteiger partial charge is 0.213 e. The lowest BCUT2D eigenvalue weighted by Gasteiger charge is -2.14. The Morgan fingerprint density at radius 1 is 0.444 bits per heavy atom. The Morgan fingerprint density at radius 2 is 1.04 bits per heavy atom. The van der Waals surface area contributed by atoms with Gasteiger partial charge in [-0.3, -0.25) is 0 Å². The van der Waals surface area contributed by atoms with Gasteiger partial charge in [-0.2, -0.15) is 0 Å². The predicted molar refractivity (Wildman–Crippen MR) is 187 cm³/mol. The number of rotatable bonds is 6. The summed E-state index contributed by atoms with van der Waals surface area (Å²) in [5, 5.41) is 4.72. The maximum absolute atomic E-state index is 5.09. The number of fused-ring (bicyclic) bond motifs is 2. The molecule has 0 amide bonds. The normalized spacial score (nSPS) is 12.8. The third-order valence-corrected chi connectivity index (χ3v) is 8.49. The van der Waals surface area contributed by atoms with Gasteiger partial charge in [0.15, 0.2) is 11.6 Å². The molecular weight excluding hydrogens is 546 g/mol. The van der Waals surface area contributed by atoms with Gasteiger partial charge < -0.3 is 0 Å². The van der Waals surface area contributed by atoms with Gasteiger partial charge in [-0.25, -0.2) is 15.0 Å². The number of hydrogen-bond acceptors (Lipinski definition) is 3. The molecule has 214 valence electrons. The highest BCUT2D eigenvalue weighted by Gasteiger charge is 2.14. The van der Waals surface area contributed by atoms with E-state index in [9.17, 15) is 0 Å². The average molecular weight is 578 g/mol. The Hall–Kier alpha value is -5.67. The van der Waals surface area contributed by atoms with E-state index in [2.05, 4.69) is 152 Å². The molecule has 0 saturated heterocycles. The van der Waals surface area contributed by atoms with Crippen LogP contribution in [0.25, 0.3) is 61.0 Å². The molecular formula is C42H31N3. The zero-order chi connectivity index (χ0) is 30.0. The van der Waals surface area contributed by atoms with Crippen LogP contribution in [0.15, 0.2) is 152 Å². The van der Waals surface area contributed by atoms with E-state index in [1.165, 1.54) is 49.4 Å². The molecule has 0 atom stereocenters. The quantitative estimate of drug-likeness (QED) is 0.197. The fourth-order valence-corrected chi connectivity index (χ4v) is 6.18. The van der Waals surface area contributed by atoms with E-state index in [1.54, 1.807) is 0 Å². The maximum atomic E-state index is 5.09.